The van der Waals surface area contributed by atoms with E-state index in [2.05, 4.69) is 15.5 Å². The van der Waals surface area contributed by atoms with E-state index in [-0.39, 0.29) is 0 Å². The smallest absolute Gasteiger partial charge is 0.0474 e. The van der Waals surface area contributed by atoms with Crippen LogP contribution in [-0.2, 0) is 0 Å². The molecular formula is C9H17N3. The van der Waals surface area contributed by atoms with Gasteiger partial charge in [0.25, 0.3) is 0 Å². The molecular weight excluding hydrogens is 150 g/mol. The maximum Gasteiger partial charge on any atom is 0.0474 e. The molecule has 12 heavy (non-hydrogen) atoms. The second-order valence-corrected chi connectivity index (χ2v) is 4.49. The molecule has 3 heteroatoms. The average molecular weight is 167 g/mol. The van der Waals surface area contributed by atoms with Crippen LogP contribution in [0.15, 0.2) is 0 Å². The van der Waals surface area contributed by atoms with Crippen LogP contribution in [0.25, 0.3) is 0 Å². The number of hydrogen-bond acceptors (Lipinski definition) is 3. The first-order chi connectivity index (χ1) is 5.89. The number of fused-ring (bicyclic) bond motifs is 2. The molecule has 4 aliphatic rings. The minimum Gasteiger partial charge on any atom is -0.303 e. The van der Waals surface area contributed by atoms with Crippen molar-refractivity contribution in [2.45, 2.75) is 18.4 Å². The van der Waals surface area contributed by atoms with E-state index in [4.69, 9.17) is 0 Å². The van der Waals surface area contributed by atoms with Crippen LogP contribution in [0, 0.1) is 5.92 Å². The molecule has 0 aliphatic carbocycles. The fourth-order valence-electron chi connectivity index (χ4n) is 3.16. The van der Waals surface area contributed by atoms with Crippen LogP contribution in [0.3, 0.4) is 0 Å². The third kappa shape index (κ3) is 0.873. The lowest BCUT2D eigenvalue weighted by Crippen LogP contribution is -2.65. The number of nitrogens with zero attached hydrogens (tertiary/aromatic N) is 1. The summed E-state index contributed by atoms with van der Waals surface area (Å²) in [5, 5.41) is 7.08. The molecule has 4 fully saturated rings. The van der Waals surface area contributed by atoms with E-state index in [0.29, 0.717) is 5.54 Å². The van der Waals surface area contributed by atoms with E-state index in [0.717, 1.165) is 12.6 Å². The predicted octanol–water partition coefficient (Wildman–Crippen LogP) is -0.399. The van der Waals surface area contributed by atoms with Crippen LogP contribution < -0.4 is 10.6 Å². The lowest BCUT2D eigenvalue weighted by atomic mass is 9.73. The van der Waals surface area contributed by atoms with Crippen molar-refractivity contribution < 1.29 is 0 Å². The second-order valence-electron chi connectivity index (χ2n) is 4.49. The molecule has 2 N–H and O–H groups in total. The molecule has 3 nitrogen and oxygen atoms in total. The highest BCUT2D eigenvalue weighted by Gasteiger charge is 2.47. The van der Waals surface area contributed by atoms with Crippen molar-refractivity contribution in [3.63, 3.8) is 0 Å². The van der Waals surface area contributed by atoms with Crippen LogP contribution >= 0.6 is 0 Å². The summed E-state index contributed by atoms with van der Waals surface area (Å²) in [5.74, 6) is 0.942. The molecule has 1 unspecified atom stereocenters. The number of piperidine rings is 3. The zero-order valence-corrected chi connectivity index (χ0v) is 7.47. The number of nitrogens with one attached hydrogen (secondary N) is 2. The topological polar surface area (TPSA) is 27.3 Å². The standard InChI is InChI=1S/C9H17N3/c1-3-12-4-2-8(1)9(6-12)5-10-7-11-9/h8,10-11H,1-7H2. The van der Waals surface area contributed by atoms with Crippen molar-refractivity contribution in [1.82, 2.24) is 15.5 Å². The van der Waals surface area contributed by atoms with Gasteiger partial charge in [-0.3, -0.25) is 5.32 Å². The molecule has 0 saturated carbocycles. The molecule has 1 spiro atoms. The zero-order valence-electron chi connectivity index (χ0n) is 7.47. The van der Waals surface area contributed by atoms with Gasteiger partial charge in [-0.1, -0.05) is 0 Å². The van der Waals surface area contributed by atoms with Crippen molar-refractivity contribution in [3.8, 4) is 0 Å². The van der Waals surface area contributed by atoms with Crippen molar-refractivity contribution >= 4 is 0 Å². The molecule has 68 valence electrons. The van der Waals surface area contributed by atoms with E-state index in [1.807, 2.05) is 0 Å². The molecule has 0 aromatic rings. The van der Waals surface area contributed by atoms with Crippen LogP contribution in [0.4, 0.5) is 0 Å². The van der Waals surface area contributed by atoms with E-state index in [9.17, 15) is 0 Å². The first kappa shape index (κ1) is 7.30. The van der Waals surface area contributed by atoms with E-state index in [1.54, 1.807) is 0 Å². The molecule has 0 radical (unpaired) electrons. The Hall–Kier alpha value is -0.120. The molecule has 4 rings (SSSR count). The number of rotatable bonds is 0. The van der Waals surface area contributed by atoms with E-state index < -0.39 is 0 Å². The summed E-state index contributed by atoms with van der Waals surface area (Å²) in [4.78, 5) is 2.61. The summed E-state index contributed by atoms with van der Waals surface area (Å²) in [6.45, 7) is 6.17. The highest BCUT2D eigenvalue weighted by atomic mass is 15.3. The Morgan fingerprint density at radius 3 is 2.58 bits per heavy atom. The van der Waals surface area contributed by atoms with Crippen LogP contribution in [0.5, 0.6) is 0 Å². The van der Waals surface area contributed by atoms with Gasteiger partial charge in [0.2, 0.25) is 0 Å². The van der Waals surface area contributed by atoms with Crippen molar-refractivity contribution in [2.75, 3.05) is 32.8 Å². The molecule has 4 aliphatic heterocycles. The van der Waals surface area contributed by atoms with E-state index in [1.165, 1.54) is 39.0 Å². The van der Waals surface area contributed by atoms with Gasteiger partial charge in [-0.25, -0.2) is 0 Å². The molecule has 0 aromatic heterocycles. The third-order valence-electron chi connectivity index (χ3n) is 3.88. The second kappa shape index (κ2) is 2.44. The summed E-state index contributed by atoms with van der Waals surface area (Å²) in [7, 11) is 0. The Morgan fingerprint density at radius 2 is 2.08 bits per heavy atom. The van der Waals surface area contributed by atoms with Gasteiger partial charge in [0, 0.05) is 25.3 Å². The van der Waals surface area contributed by atoms with Gasteiger partial charge in [0.15, 0.2) is 0 Å². The Balaban J connectivity index is 1.86. The molecule has 0 aromatic carbocycles. The molecule has 1 atom stereocenters. The normalized spacial score (nSPS) is 52.0. The van der Waals surface area contributed by atoms with Gasteiger partial charge in [-0.15, -0.1) is 0 Å². The predicted molar refractivity (Wildman–Crippen MR) is 47.9 cm³/mol. The Morgan fingerprint density at radius 1 is 1.25 bits per heavy atom. The fraction of sp³-hybridized carbons (Fsp3) is 1.00. The van der Waals surface area contributed by atoms with Gasteiger partial charge < -0.3 is 10.2 Å². The minimum absolute atomic E-state index is 0.455. The summed E-state index contributed by atoms with van der Waals surface area (Å²) in [6, 6.07) is 0. The first-order valence-corrected chi connectivity index (χ1v) is 5.07. The molecule has 0 amide bonds. The van der Waals surface area contributed by atoms with Crippen LogP contribution in [0.2, 0.25) is 0 Å². The summed E-state index contributed by atoms with van der Waals surface area (Å²) < 4.78 is 0. The zero-order chi connectivity index (χ0) is 8.02. The highest BCUT2D eigenvalue weighted by molar-refractivity contribution is 5.07. The quantitative estimate of drug-likeness (QED) is 0.514. The van der Waals surface area contributed by atoms with Gasteiger partial charge in [-0.05, 0) is 31.8 Å². The van der Waals surface area contributed by atoms with E-state index >= 15 is 0 Å². The SMILES string of the molecule is C1NCC2(CN3CCC2CC3)N1. The maximum absolute atomic E-state index is 3.65. The summed E-state index contributed by atoms with van der Waals surface area (Å²) in [5.41, 5.74) is 0.455. The largest absolute Gasteiger partial charge is 0.303 e. The molecule has 2 bridgehead atoms. The van der Waals surface area contributed by atoms with Gasteiger partial charge in [0.05, 0.1) is 0 Å². The summed E-state index contributed by atoms with van der Waals surface area (Å²) in [6.07, 6.45) is 2.82. The Bertz CT molecular complexity index is 178. The molecule has 4 heterocycles. The third-order valence-corrected chi connectivity index (χ3v) is 3.88. The van der Waals surface area contributed by atoms with Crippen LogP contribution in [-0.4, -0.2) is 43.3 Å². The highest BCUT2D eigenvalue weighted by Crippen LogP contribution is 2.36. The van der Waals surface area contributed by atoms with Crippen molar-refractivity contribution in [2.24, 2.45) is 5.92 Å². The Labute approximate surface area is 73.5 Å². The average Bonchev–Trinajstić information content (AvgIpc) is 2.55. The lowest BCUT2D eigenvalue weighted by molar-refractivity contribution is 0.0239. The Kier molecular flexibility index (Phi) is 1.48. The maximum atomic E-state index is 3.65. The van der Waals surface area contributed by atoms with Crippen LogP contribution in [0.1, 0.15) is 12.8 Å². The molecule has 4 saturated heterocycles. The first-order valence-electron chi connectivity index (χ1n) is 5.07. The van der Waals surface area contributed by atoms with Gasteiger partial charge >= 0.3 is 0 Å². The fourth-order valence-corrected chi connectivity index (χ4v) is 3.16. The van der Waals surface area contributed by atoms with Crippen molar-refractivity contribution in [3.05, 3.63) is 0 Å². The monoisotopic (exact) mass is 167 g/mol. The van der Waals surface area contributed by atoms with Crippen molar-refractivity contribution in [1.29, 1.82) is 0 Å². The van der Waals surface area contributed by atoms with Gasteiger partial charge in [0.1, 0.15) is 0 Å². The summed E-state index contributed by atoms with van der Waals surface area (Å²) >= 11 is 0. The van der Waals surface area contributed by atoms with Gasteiger partial charge in [-0.2, -0.15) is 0 Å². The lowest BCUT2D eigenvalue weighted by Gasteiger charge is -2.51. The number of hydrogen-bond donors (Lipinski definition) is 2. The minimum atomic E-state index is 0.455.